The number of hydrogen-bond acceptors (Lipinski definition) is 4. The molecule has 6 nitrogen and oxygen atoms in total. The van der Waals surface area contributed by atoms with E-state index >= 15 is 0 Å². The van der Waals surface area contributed by atoms with Gasteiger partial charge in [-0.25, -0.2) is 9.07 Å². The van der Waals surface area contributed by atoms with Crippen LogP contribution in [0.3, 0.4) is 0 Å². The highest BCUT2D eigenvalue weighted by atomic mass is 19.4. The molecule has 0 unspecified atom stereocenters. The Bertz CT molecular complexity index is 758. The number of hydrogen-bond donors (Lipinski definition) is 1. The highest BCUT2D eigenvalue weighted by molar-refractivity contribution is 5.92. The smallest absolute Gasteiger partial charge is 0.326 e. The molecule has 1 amide bonds. The summed E-state index contributed by atoms with van der Waals surface area (Å²) >= 11 is 0. The van der Waals surface area contributed by atoms with Crippen LogP contribution in [-0.2, 0) is 0 Å². The van der Waals surface area contributed by atoms with Crippen LogP contribution >= 0.6 is 0 Å². The first-order valence-electron chi connectivity index (χ1n) is 7.57. The molecule has 10 heteroatoms. The number of alkyl halides is 3. The van der Waals surface area contributed by atoms with E-state index in [9.17, 15) is 22.4 Å². The second-order valence-corrected chi connectivity index (χ2v) is 5.88. The molecule has 3 rings (SSSR count). The average molecular weight is 357 g/mol. The third-order valence-corrected chi connectivity index (χ3v) is 4.06. The van der Waals surface area contributed by atoms with E-state index in [4.69, 9.17) is 5.73 Å². The topological polar surface area (TPSA) is 77.0 Å². The number of nitrogens with zero attached hydrogens (tertiary/aromatic N) is 4. The number of nitrogens with two attached hydrogens (primary N) is 1. The minimum absolute atomic E-state index is 0.191. The van der Waals surface area contributed by atoms with Crippen LogP contribution in [0.1, 0.15) is 23.3 Å². The Hall–Kier alpha value is -2.49. The van der Waals surface area contributed by atoms with Gasteiger partial charge in [0, 0.05) is 12.6 Å². The molecule has 134 valence electrons. The van der Waals surface area contributed by atoms with Crippen molar-refractivity contribution in [3.63, 3.8) is 0 Å². The molecule has 25 heavy (non-hydrogen) atoms. The van der Waals surface area contributed by atoms with Crippen molar-refractivity contribution in [1.82, 2.24) is 19.9 Å². The van der Waals surface area contributed by atoms with Crippen LogP contribution < -0.4 is 5.73 Å². The number of likely N-dealkylation sites (tertiary alicyclic amines) is 1. The Morgan fingerprint density at radius 3 is 2.52 bits per heavy atom. The van der Waals surface area contributed by atoms with Crippen LogP contribution in [0.2, 0.25) is 0 Å². The van der Waals surface area contributed by atoms with Gasteiger partial charge < -0.3 is 10.6 Å². The molecule has 1 aromatic carbocycles. The SMILES string of the molecule is N[C@@H]1CC[C@@H](C(F)(F)F)N(C(=O)c2cn(-c3ccc(F)cc3)nn2)C1. The van der Waals surface area contributed by atoms with Gasteiger partial charge in [-0.05, 0) is 37.1 Å². The van der Waals surface area contributed by atoms with Crippen LogP contribution in [0.25, 0.3) is 5.69 Å². The molecule has 0 aliphatic carbocycles. The molecule has 1 aromatic heterocycles. The average Bonchev–Trinajstić information content (AvgIpc) is 3.03. The molecule has 0 saturated carbocycles. The van der Waals surface area contributed by atoms with Crippen LogP contribution in [0.15, 0.2) is 30.5 Å². The van der Waals surface area contributed by atoms with Crippen molar-refractivity contribution in [2.75, 3.05) is 6.54 Å². The second kappa shape index (κ2) is 6.43. The molecule has 0 radical (unpaired) electrons. The summed E-state index contributed by atoms with van der Waals surface area (Å²) in [5.41, 5.74) is 5.92. The predicted octanol–water partition coefficient (Wildman–Crippen LogP) is 1.90. The van der Waals surface area contributed by atoms with Crippen molar-refractivity contribution in [3.8, 4) is 5.69 Å². The van der Waals surface area contributed by atoms with Gasteiger partial charge in [0.1, 0.15) is 11.9 Å². The van der Waals surface area contributed by atoms with E-state index in [-0.39, 0.29) is 25.1 Å². The minimum Gasteiger partial charge on any atom is -0.326 e. The van der Waals surface area contributed by atoms with Gasteiger partial charge in [0.2, 0.25) is 0 Å². The Morgan fingerprint density at radius 1 is 1.20 bits per heavy atom. The number of carbonyl (C=O) groups excluding carboxylic acids is 1. The van der Waals surface area contributed by atoms with E-state index < -0.39 is 30.0 Å². The van der Waals surface area contributed by atoms with Crippen molar-refractivity contribution in [3.05, 3.63) is 42.0 Å². The summed E-state index contributed by atoms with van der Waals surface area (Å²) in [4.78, 5) is 13.2. The van der Waals surface area contributed by atoms with Crippen molar-refractivity contribution >= 4 is 5.91 Å². The van der Waals surface area contributed by atoms with Crippen molar-refractivity contribution in [2.45, 2.75) is 31.1 Å². The quantitative estimate of drug-likeness (QED) is 0.833. The molecule has 2 heterocycles. The molecule has 2 N–H and O–H groups in total. The lowest BCUT2D eigenvalue weighted by Gasteiger charge is -2.38. The number of amides is 1. The van der Waals surface area contributed by atoms with E-state index in [1.807, 2.05) is 0 Å². The fourth-order valence-electron chi connectivity index (χ4n) is 2.79. The maximum Gasteiger partial charge on any atom is 0.408 e. The Morgan fingerprint density at radius 2 is 1.88 bits per heavy atom. The molecule has 1 fully saturated rings. The third kappa shape index (κ3) is 3.63. The molecule has 0 spiro atoms. The first kappa shape index (κ1) is 17.3. The third-order valence-electron chi connectivity index (χ3n) is 4.06. The molecular weight excluding hydrogens is 342 g/mol. The van der Waals surface area contributed by atoms with Gasteiger partial charge in [0.05, 0.1) is 11.9 Å². The van der Waals surface area contributed by atoms with Crippen LogP contribution in [0.4, 0.5) is 17.6 Å². The largest absolute Gasteiger partial charge is 0.408 e. The summed E-state index contributed by atoms with van der Waals surface area (Å²) in [6, 6.07) is 2.80. The zero-order valence-corrected chi connectivity index (χ0v) is 12.9. The van der Waals surface area contributed by atoms with Gasteiger partial charge in [-0.1, -0.05) is 5.21 Å². The van der Waals surface area contributed by atoms with Gasteiger partial charge >= 0.3 is 6.18 Å². The number of carbonyl (C=O) groups is 1. The molecule has 1 saturated heterocycles. The number of piperidine rings is 1. The van der Waals surface area contributed by atoms with E-state index in [1.54, 1.807) is 0 Å². The first-order chi connectivity index (χ1) is 11.8. The highest BCUT2D eigenvalue weighted by Crippen LogP contribution is 2.32. The van der Waals surface area contributed by atoms with E-state index in [0.717, 1.165) is 0 Å². The lowest BCUT2D eigenvalue weighted by atomic mass is 9.98. The monoisotopic (exact) mass is 357 g/mol. The van der Waals surface area contributed by atoms with Crippen molar-refractivity contribution < 1.29 is 22.4 Å². The summed E-state index contributed by atoms with van der Waals surface area (Å²) in [7, 11) is 0. The number of halogens is 4. The number of aromatic nitrogens is 3. The van der Waals surface area contributed by atoms with Crippen molar-refractivity contribution in [1.29, 1.82) is 0 Å². The van der Waals surface area contributed by atoms with Gasteiger partial charge in [0.15, 0.2) is 5.69 Å². The van der Waals surface area contributed by atoms with Gasteiger partial charge in [-0.3, -0.25) is 4.79 Å². The summed E-state index contributed by atoms with van der Waals surface area (Å²) in [6.07, 6.45) is -3.38. The normalized spacial score (nSPS) is 21.4. The van der Waals surface area contributed by atoms with E-state index in [2.05, 4.69) is 10.3 Å². The Kier molecular flexibility index (Phi) is 4.46. The lowest BCUT2D eigenvalue weighted by molar-refractivity contribution is -0.184. The van der Waals surface area contributed by atoms with Crippen LogP contribution in [0, 0.1) is 5.82 Å². The summed E-state index contributed by atoms with van der Waals surface area (Å²) < 4.78 is 53.7. The maximum absolute atomic E-state index is 13.2. The fourth-order valence-corrected chi connectivity index (χ4v) is 2.79. The number of rotatable bonds is 2. The predicted molar refractivity (Wildman–Crippen MR) is 79.4 cm³/mol. The van der Waals surface area contributed by atoms with E-state index in [1.165, 1.54) is 35.1 Å². The molecule has 2 atom stereocenters. The minimum atomic E-state index is -4.54. The summed E-state index contributed by atoms with van der Waals surface area (Å²) in [5, 5.41) is 7.37. The molecule has 0 bridgehead atoms. The summed E-state index contributed by atoms with van der Waals surface area (Å²) in [5.74, 6) is -1.33. The molecule has 2 aromatic rings. The highest BCUT2D eigenvalue weighted by Gasteiger charge is 2.48. The fraction of sp³-hybridized carbons (Fsp3) is 0.400. The second-order valence-electron chi connectivity index (χ2n) is 5.88. The van der Waals surface area contributed by atoms with Crippen molar-refractivity contribution in [2.24, 2.45) is 5.73 Å². The van der Waals surface area contributed by atoms with E-state index in [0.29, 0.717) is 10.6 Å². The van der Waals surface area contributed by atoms with Gasteiger partial charge in [-0.15, -0.1) is 5.10 Å². The maximum atomic E-state index is 13.2. The van der Waals surface area contributed by atoms with Gasteiger partial charge in [0.25, 0.3) is 5.91 Å². The summed E-state index contributed by atoms with van der Waals surface area (Å²) in [6.45, 7) is -0.202. The Balaban J connectivity index is 1.85. The number of benzene rings is 1. The zero-order valence-electron chi connectivity index (χ0n) is 12.9. The molecule has 1 aliphatic rings. The first-order valence-corrected chi connectivity index (χ1v) is 7.57. The van der Waals surface area contributed by atoms with Crippen LogP contribution in [-0.4, -0.2) is 50.6 Å². The molecule has 1 aliphatic heterocycles. The standard InChI is InChI=1S/C15H15F4N5O/c16-9-1-4-11(5-2-9)24-8-12(21-22-24)14(25)23-7-10(20)3-6-13(23)15(17,18)19/h1-2,4-5,8,10,13H,3,6-7,20H2/t10-,13+/m1/s1. The van der Waals surface area contributed by atoms with Gasteiger partial charge in [-0.2, -0.15) is 13.2 Å². The Labute approximate surface area is 140 Å². The zero-order chi connectivity index (χ0) is 18.2. The lowest BCUT2D eigenvalue weighted by Crippen LogP contribution is -2.56. The molecular formula is C15H15F4N5O. The van der Waals surface area contributed by atoms with Crippen LogP contribution in [0.5, 0.6) is 0 Å².